The summed E-state index contributed by atoms with van der Waals surface area (Å²) in [6, 6.07) is 9.02. The fourth-order valence-corrected chi connectivity index (χ4v) is 1.38. The minimum Gasteiger partial charge on any atom is -0.395 e. The molecule has 0 radical (unpaired) electrons. The molecule has 0 aliphatic carbocycles. The van der Waals surface area contributed by atoms with Crippen molar-refractivity contribution in [3.63, 3.8) is 0 Å². The molecule has 0 aliphatic rings. The van der Waals surface area contributed by atoms with E-state index in [9.17, 15) is 4.79 Å². The molecule has 88 valence electrons. The predicted molar refractivity (Wildman–Crippen MR) is 58.8 cm³/mol. The van der Waals surface area contributed by atoms with Gasteiger partial charge < -0.3 is 15.3 Å². The van der Waals surface area contributed by atoms with Gasteiger partial charge in [0.2, 0.25) is 0 Å². The molecule has 0 heterocycles. The summed E-state index contributed by atoms with van der Waals surface area (Å²) in [6.45, 7) is -1.65. The van der Waals surface area contributed by atoms with Crippen molar-refractivity contribution in [3.8, 4) is 0 Å². The van der Waals surface area contributed by atoms with Gasteiger partial charge in [-0.1, -0.05) is 30.3 Å². The SMILES string of the molecule is O=C(Cc1ccccc1)C(CO)(CO)CO. The van der Waals surface area contributed by atoms with E-state index in [4.69, 9.17) is 15.3 Å². The van der Waals surface area contributed by atoms with Crippen LogP contribution in [0.2, 0.25) is 0 Å². The highest BCUT2D eigenvalue weighted by atomic mass is 16.3. The Labute approximate surface area is 94.2 Å². The highest BCUT2D eigenvalue weighted by Gasteiger charge is 2.36. The molecule has 1 rings (SSSR count). The second-order valence-corrected chi connectivity index (χ2v) is 3.84. The molecule has 0 aromatic heterocycles. The number of benzene rings is 1. The van der Waals surface area contributed by atoms with Crippen molar-refractivity contribution in [2.24, 2.45) is 5.41 Å². The van der Waals surface area contributed by atoms with Gasteiger partial charge in [-0.2, -0.15) is 0 Å². The molecule has 0 bridgehead atoms. The normalized spacial score (nSPS) is 11.4. The lowest BCUT2D eigenvalue weighted by atomic mass is 9.83. The van der Waals surface area contributed by atoms with Crippen molar-refractivity contribution >= 4 is 5.78 Å². The number of hydrogen-bond acceptors (Lipinski definition) is 4. The zero-order valence-electron chi connectivity index (χ0n) is 8.97. The van der Waals surface area contributed by atoms with Gasteiger partial charge in [0.25, 0.3) is 0 Å². The van der Waals surface area contributed by atoms with E-state index in [1.165, 1.54) is 0 Å². The van der Waals surface area contributed by atoms with Crippen LogP contribution < -0.4 is 0 Å². The van der Waals surface area contributed by atoms with E-state index in [0.717, 1.165) is 5.56 Å². The van der Waals surface area contributed by atoms with Crippen molar-refractivity contribution in [1.29, 1.82) is 0 Å². The summed E-state index contributed by atoms with van der Waals surface area (Å²) in [4.78, 5) is 11.8. The molecule has 0 unspecified atom stereocenters. The number of carbonyl (C=O) groups excluding carboxylic acids is 1. The monoisotopic (exact) mass is 224 g/mol. The summed E-state index contributed by atoms with van der Waals surface area (Å²) < 4.78 is 0. The maximum Gasteiger partial charge on any atom is 0.150 e. The Kier molecular flexibility index (Phi) is 4.61. The first-order chi connectivity index (χ1) is 7.68. The van der Waals surface area contributed by atoms with Crippen molar-refractivity contribution in [1.82, 2.24) is 0 Å². The quantitative estimate of drug-likeness (QED) is 0.623. The van der Waals surface area contributed by atoms with Crippen molar-refractivity contribution in [2.75, 3.05) is 19.8 Å². The van der Waals surface area contributed by atoms with E-state index in [-0.39, 0.29) is 12.2 Å². The van der Waals surface area contributed by atoms with Gasteiger partial charge in [0.05, 0.1) is 25.2 Å². The highest BCUT2D eigenvalue weighted by Crippen LogP contribution is 2.19. The van der Waals surface area contributed by atoms with Gasteiger partial charge in [0.15, 0.2) is 0 Å². The van der Waals surface area contributed by atoms with Gasteiger partial charge in [-0.3, -0.25) is 4.79 Å². The molecule has 0 aliphatic heterocycles. The van der Waals surface area contributed by atoms with E-state index < -0.39 is 25.2 Å². The molecule has 0 atom stereocenters. The van der Waals surface area contributed by atoms with Crippen LogP contribution in [0.25, 0.3) is 0 Å². The largest absolute Gasteiger partial charge is 0.395 e. The van der Waals surface area contributed by atoms with Crippen LogP contribution in [0.15, 0.2) is 30.3 Å². The maximum absolute atomic E-state index is 11.8. The average molecular weight is 224 g/mol. The molecule has 3 N–H and O–H groups in total. The van der Waals surface area contributed by atoms with Crippen LogP contribution in [0, 0.1) is 5.41 Å². The molecule has 0 saturated carbocycles. The summed E-state index contributed by atoms with van der Waals surface area (Å²) in [5.74, 6) is -0.355. The fraction of sp³-hybridized carbons (Fsp3) is 0.417. The Balaban J connectivity index is 2.78. The van der Waals surface area contributed by atoms with Gasteiger partial charge in [-0.15, -0.1) is 0 Å². The van der Waals surface area contributed by atoms with Crippen LogP contribution >= 0.6 is 0 Å². The molecule has 0 fully saturated rings. The summed E-state index contributed by atoms with van der Waals surface area (Å²) in [5.41, 5.74) is -0.636. The van der Waals surface area contributed by atoms with E-state index >= 15 is 0 Å². The first-order valence-corrected chi connectivity index (χ1v) is 5.08. The van der Waals surface area contributed by atoms with Crippen molar-refractivity contribution < 1.29 is 20.1 Å². The Hall–Kier alpha value is -1.23. The molecule has 4 nitrogen and oxygen atoms in total. The topological polar surface area (TPSA) is 77.8 Å². The van der Waals surface area contributed by atoms with E-state index in [0.29, 0.717) is 0 Å². The van der Waals surface area contributed by atoms with Crippen LogP contribution in [0.1, 0.15) is 5.56 Å². The smallest absolute Gasteiger partial charge is 0.150 e. The third-order valence-electron chi connectivity index (χ3n) is 2.71. The van der Waals surface area contributed by atoms with Gasteiger partial charge in [0.1, 0.15) is 5.78 Å². The first-order valence-electron chi connectivity index (χ1n) is 5.08. The average Bonchev–Trinajstić information content (AvgIpc) is 2.33. The number of Topliss-reactive ketones (excluding diaryl/α,β-unsaturated/α-hetero) is 1. The molecule has 0 spiro atoms. The first kappa shape index (κ1) is 12.8. The lowest BCUT2D eigenvalue weighted by Gasteiger charge is -2.25. The lowest BCUT2D eigenvalue weighted by Crippen LogP contribution is -2.43. The molecule has 0 saturated heterocycles. The minimum atomic E-state index is -1.43. The van der Waals surface area contributed by atoms with Crippen molar-refractivity contribution in [3.05, 3.63) is 35.9 Å². The minimum absolute atomic E-state index is 0.0997. The van der Waals surface area contributed by atoms with E-state index in [1.807, 2.05) is 6.07 Å². The molecule has 0 amide bonds. The van der Waals surface area contributed by atoms with Gasteiger partial charge >= 0.3 is 0 Å². The Morgan fingerprint density at radius 3 is 1.94 bits per heavy atom. The summed E-state index contributed by atoms with van der Waals surface area (Å²) in [6.07, 6.45) is 0.0997. The van der Waals surface area contributed by atoms with Crippen LogP contribution in [0.4, 0.5) is 0 Å². The van der Waals surface area contributed by atoms with Crippen LogP contribution in [-0.2, 0) is 11.2 Å². The Bertz CT molecular complexity index is 322. The fourth-order valence-electron chi connectivity index (χ4n) is 1.38. The number of ketones is 1. The molecule has 1 aromatic carbocycles. The lowest BCUT2D eigenvalue weighted by molar-refractivity contribution is -0.136. The molecule has 16 heavy (non-hydrogen) atoms. The zero-order valence-corrected chi connectivity index (χ0v) is 8.97. The van der Waals surface area contributed by atoms with Crippen LogP contribution in [0.3, 0.4) is 0 Å². The third kappa shape index (κ3) is 2.66. The number of aliphatic hydroxyl groups excluding tert-OH is 3. The number of aliphatic hydroxyl groups is 3. The summed E-state index contributed by atoms with van der Waals surface area (Å²) in [5, 5.41) is 27.3. The maximum atomic E-state index is 11.8. The van der Waals surface area contributed by atoms with Crippen molar-refractivity contribution in [2.45, 2.75) is 6.42 Å². The summed E-state index contributed by atoms with van der Waals surface area (Å²) >= 11 is 0. The number of carbonyl (C=O) groups is 1. The summed E-state index contributed by atoms with van der Waals surface area (Å²) in [7, 11) is 0. The van der Waals surface area contributed by atoms with E-state index in [1.54, 1.807) is 24.3 Å². The van der Waals surface area contributed by atoms with E-state index in [2.05, 4.69) is 0 Å². The Morgan fingerprint density at radius 1 is 1.00 bits per heavy atom. The number of rotatable bonds is 6. The molecule has 4 heteroatoms. The molecular weight excluding hydrogens is 208 g/mol. The van der Waals surface area contributed by atoms with Gasteiger partial charge in [0, 0.05) is 6.42 Å². The predicted octanol–water partition coefficient (Wildman–Crippen LogP) is -0.239. The second-order valence-electron chi connectivity index (χ2n) is 3.84. The van der Waals surface area contributed by atoms with Gasteiger partial charge in [-0.25, -0.2) is 0 Å². The third-order valence-corrected chi connectivity index (χ3v) is 2.71. The number of hydrogen-bond donors (Lipinski definition) is 3. The van der Waals surface area contributed by atoms with Gasteiger partial charge in [-0.05, 0) is 5.56 Å². The standard InChI is InChI=1S/C12H16O4/c13-7-12(8-14,9-15)11(16)6-10-4-2-1-3-5-10/h1-5,13-15H,6-9H2. The van der Waals surface area contributed by atoms with Crippen LogP contribution in [-0.4, -0.2) is 40.9 Å². The second kappa shape index (κ2) is 5.75. The zero-order chi connectivity index (χ0) is 12.0. The highest BCUT2D eigenvalue weighted by molar-refractivity contribution is 5.87. The molecule has 1 aromatic rings. The van der Waals surface area contributed by atoms with Crippen LogP contribution in [0.5, 0.6) is 0 Å². The molecular formula is C12H16O4. The Morgan fingerprint density at radius 2 is 1.50 bits per heavy atom.